The van der Waals surface area contributed by atoms with E-state index < -0.39 is 17.4 Å². The van der Waals surface area contributed by atoms with Gasteiger partial charge >= 0.3 is 0 Å². The van der Waals surface area contributed by atoms with Crippen LogP contribution in [0.15, 0.2) is 10.9 Å². The fraction of sp³-hybridized carbons (Fsp3) is 0.538. The predicted molar refractivity (Wildman–Crippen MR) is 63.9 cm³/mol. The molecule has 1 aliphatic carbocycles. The van der Waals surface area contributed by atoms with Crippen LogP contribution < -0.4 is 10.9 Å². The van der Waals surface area contributed by atoms with Crippen molar-refractivity contribution in [2.75, 3.05) is 0 Å². The SMILES string of the molecule is Cc1cc(F)c2n(c1=O)C1(CCCCC1)NC2=O. The van der Waals surface area contributed by atoms with Gasteiger partial charge in [0.1, 0.15) is 11.4 Å². The Morgan fingerprint density at radius 1 is 1.28 bits per heavy atom. The first-order valence-corrected chi connectivity index (χ1v) is 6.30. The Labute approximate surface area is 104 Å². The minimum Gasteiger partial charge on any atom is -0.327 e. The molecule has 1 aliphatic heterocycles. The number of hydrogen-bond donors (Lipinski definition) is 1. The Bertz CT molecular complexity index is 585. The first-order valence-electron chi connectivity index (χ1n) is 6.30. The highest BCUT2D eigenvalue weighted by molar-refractivity contribution is 5.95. The van der Waals surface area contributed by atoms with E-state index in [9.17, 15) is 14.0 Å². The van der Waals surface area contributed by atoms with Crippen LogP contribution >= 0.6 is 0 Å². The number of nitrogens with zero attached hydrogens (tertiary/aromatic N) is 1. The van der Waals surface area contributed by atoms with Crippen LogP contribution in [-0.2, 0) is 5.66 Å². The van der Waals surface area contributed by atoms with Crippen molar-refractivity contribution >= 4 is 5.91 Å². The Hall–Kier alpha value is -1.65. The van der Waals surface area contributed by atoms with Crippen molar-refractivity contribution in [3.63, 3.8) is 0 Å². The van der Waals surface area contributed by atoms with Crippen LogP contribution in [-0.4, -0.2) is 10.5 Å². The molecule has 4 nitrogen and oxygen atoms in total. The molecular weight excluding hydrogens is 235 g/mol. The minimum absolute atomic E-state index is 0.104. The van der Waals surface area contributed by atoms with Gasteiger partial charge in [-0.3, -0.25) is 14.2 Å². The fourth-order valence-electron chi connectivity index (χ4n) is 3.13. The second kappa shape index (κ2) is 3.67. The maximum atomic E-state index is 13.9. The Balaban J connectivity index is 2.29. The summed E-state index contributed by atoms with van der Waals surface area (Å²) >= 11 is 0. The third-order valence-corrected chi connectivity index (χ3v) is 4.00. The number of aromatic nitrogens is 1. The predicted octanol–water partition coefficient (Wildman–Crippen LogP) is 1.66. The normalized spacial score (nSPS) is 20.9. The average molecular weight is 250 g/mol. The van der Waals surface area contributed by atoms with Crippen LogP contribution in [0.25, 0.3) is 0 Å². The lowest BCUT2D eigenvalue weighted by atomic mass is 9.89. The summed E-state index contributed by atoms with van der Waals surface area (Å²) in [5.74, 6) is -1.07. The highest BCUT2D eigenvalue weighted by Gasteiger charge is 2.45. The number of rotatable bonds is 0. The van der Waals surface area contributed by atoms with E-state index in [1.54, 1.807) is 6.92 Å². The van der Waals surface area contributed by atoms with E-state index in [1.165, 1.54) is 4.57 Å². The number of amides is 1. The van der Waals surface area contributed by atoms with Gasteiger partial charge in [-0.15, -0.1) is 0 Å². The second-order valence-electron chi connectivity index (χ2n) is 5.21. The van der Waals surface area contributed by atoms with Gasteiger partial charge in [-0.2, -0.15) is 0 Å². The molecule has 0 aromatic carbocycles. The van der Waals surface area contributed by atoms with E-state index >= 15 is 0 Å². The van der Waals surface area contributed by atoms with Crippen molar-refractivity contribution < 1.29 is 9.18 Å². The zero-order valence-electron chi connectivity index (χ0n) is 10.3. The molecule has 3 rings (SSSR count). The number of aryl methyl sites for hydroxylation is 1. The molecular formula is C13H15FN2O2. The highest BCUT2D eigenvalue weighted by Crippen LogP contribution is 2.36. The monoisotopic (exact) mass is 250 g/mol. The van der Waals surface area contributed by atoms with E-state index in [1.807, 2.05) is 0 Å². The van der Waals surface area contributed by atoms with Gasteiger partial charge in [0.2, 0.25) is 0 Å². The molecule has 0 bridgehead atoms. The molecule has 1 saturated carbocycles. The summed E-state index contributed by atoms with van der Waals surface area (Å²) in [5, 5.41) is 2.83. The molecule has 18 heavy (non-hydrogen) atoms. The zero-order chi connectivity index (χ0) is 12.9. The minimum atomic E-state index is -0.686. The number of carbonyl (C=O) groups is 1. The number of carbonyl (C=O) groups excluding carboxylic acids is 1. The number of pyridine rings is 1. The van der Waals surface area contributed by atoms with Crippen molar-refractivity contribution in [2.24, 2.45) is 0 Å². The van der Waals surface area contributed by atoms with Crippen LogP contribution in [0.1, 0.15) is 48.2 Å². The summed E-state index contributed by atoms with van der Waals surface area (Å²) in [6.45, 7) is 1.58. The molecule has 2 heterocycles. The molecule has 1 aromatic heterocycles. The molecule has 1 aromatic rings. The van der Waals surface area contributed by atoms with Gasteiger partial charge in [0.15, 0.2) is 5.82 Å². The maximum absolute atomic E-state index is 13.9. The van der Waals surface area contributed by atoms with Crippen LogP contribution in [0.3, 0.4) is 0 Å². The lowest BCUT2D eigenvalue weighted by Gasteiger charge is -2.35. The summed E-state index contributed by atoms with van der Waals surface area (Å²) in [4.78, 5) is 24.1. The number of hydrogen-bond acceptors (Lipinski definition) is 2. The van der Waals surface area contributed by atoms with Crippen LogP contribution in [0.5, 0.6) is 0 Å². The quantitative estimate of drug-likeness (QED) is 0.761. The largest absolute Gasteiger partial charge is 0.327 e. The molecule has 1 spiro atoms. The van der Waals surface area contributed by atoms with E-state index in [0.29, 0.717) is 18.4 Å². The van der Waals surface area contributed by atoms with Crippen molar-refractivity contribution in [3.8, 4) is 0 Å². The standard InChI is InChI=1S/C13H15FN2O2/c1-8-7-9(14)10-11(17)15-13(16(10)12(8)18)5-3-2-4-6-13/h7H,2-6H2,1H3,(H,15,17). The average Bonchev–Trinajstić information content (AvgIpc) is 2.60. The van der Waals surface area contributed by atoms with Crippen molar-refractivity contribution in [3.05, 3.63) is 33.5 Å². The number of nitrogens with one attached hydrogen (secondary N) is 1. The molecule has 0 saturated heterocycles. The molecule has 1 amide bonds. The van der Waals surface area contributed by atoms with Gasteiger partial charge in [-0.25, -0.2) is 4.39 Å². The van der Waals surface area contributed by atoms with Gasteiger partial charge in [0, 0.05) is 5.56 Å². The van der Waals surface area contributed by atoms with E-state index in [4.69, 9.17) is 0 Å². The van der Waals surface area contributed by atoms with Crippen LogP contribution in [0, 0.1) is 12.7 Å². The number of halogens is 1. The topological polar surface area (TPSA) is 51.1 Å². The third kappa shape index (κ3) is 1.36. The smallest absolute Gasteiger partial charge is 0.272 e. The third-order valence-electron chi connectivity index (χ3n) is 4.00. The Morgan fingerprint density at radius 2 is 1.94 bits per heavy atom. The molecule has 96 valence electrons. The van der Waals surface area contributed by atoms with E-state index in [0.717, 1.165) is 25.3 Å². The summed E-state index contributed by atoms with van der Waals surface area (Å²) in [7, 11) is 0. The number of fused-ring (bicyclic) bond motifs is 2. The highest BCUT2D eigenvalue weighted by atomic mass is 19.1. The summed E-state index contributed by atoms with van der Waals surface area (Å²) in [6, 6.07) is 1.15. The fourth-order valence-corrected chi connectivity index (χ4v) is 3.13. The molecule has 0 atom stereocenters. The first-order chi connectivity index (χ1) is 8.55. The summed E-state index contributed by atoms with van der Waals surface area (Å²) in [5.41, 5.74) is -0.703. The Kier molecular flexibility index (Phi) is 2.33. The molecule has 1 N–H and O–H groups in total. The first kappa shape index (κ1) is 11.4. The summed E-state index contributed by atoms with van der Waals surface area (Å²) in [6.07, 6.45) is 4.39. The lowest BCUT2D eigenvalue weighted by Crippen LogP contribution is -2.49. The van der Waals surface area contributed by atoms with Crippen molar-refractivity contribution in [1.82, 2.24) is 9.88 Å². The molecule has 5 heteroatoms. The molecule has 0 radical (unpaired) electrons. The summed E-state index contributed by atoms with van der Waals surface area (Å²) < 4.78 is 15.3. The zero-order valence-corrected chi connectivity index (χ0v) is 10.3. The van der Waals surface area contributed by atoms with Gasteiger partial charge in [-0.1, -0.05) is 6.42 Å². The van der Waals surface area contributed by atoms with Gasteiger partial charge in [0.05, 0.1) is 0 Å². The molecule has 1 fully saturated rings. The second-order valence-corrected chi connectivity index (χ2v) is 5.21. The maximum Gasteiger partial charge on any atom is 0.272 e. The van der Waals surface area contributed by atoms with Crippen LogP contribution in [0.2, 0.25) is 0 Å². The van der Waals surface area contributed by atoms with Gasteiger partial charge in [0.25, 0.3) is 11.5 Å². The molecule has 2 aliphatic rings. The van der Waals surface area contributed by atoms with Gasteiger partial charge in [-0.05, 0) is 38.7 Å². The molecule has 0 unspecified atom stereocenters. The van der Waals surface area contributed by atoms with E-state index in [2.05, 4.69) is 5.32 Å². The van der Waals surface area contributed by atoms with Crippen molar-refractivity contribution in [1.29, 1.82) is 0 Å². The van der Waals surface area contributed by atoms with Gasteiger partial charge < -0.3 is 5.32 Å². The lowest BCUT2D eigenvalue weighted by molar-refractivity contribution is 0.0875. The van der Waals surface area contributed by atoms with E-state index in [-0.39, 0.29) is 11.3 Å². The van der Waals surface area contributed by atoms with Crippen molar-refractivity contribution in [2.45, 2.75) is 44.7 Å². The Morgan fingerprint density at radius 3 is 2.61 bits per heavy atom. The van der Waals surface area contributed by atoms with Crippen LogP contribution in [0.4, 0.5) is 4.39 Å².